The van der Waals surface area contributed by atoms with Crippen LogP contribution in [-0.2, 0) is 16.6 Å². The zero-order valence-electron chi connectivity index (χ0n) is 14.8. The quantitative estimate of drug-likeness (QED) is 0.684. The van der Waals surface area contributed by atoms with Crippen LogP contribution in [0.1, 0.15) is 21.5 Å². The summed E-state index contributed by atoms with van der Waals surface area (Å²) in [5.74, 6) is -0.326. The molecule has 0 spiro atoms. The molecule has 0 heterocycles. The van der Waals surface area contributed by atoms with Crippen molar-refractivity contribution < 1.29 is 13.2 Å². The smallest absolute Gasteiger partial charge is 0.261 e. The Hall–Kier alpha value is -3.12. The molecule has 27 heavy (non-hydrogen) atoms. The molecule has 0 saturated carbocycles. The van der Waals surface area contributed by atoms with Crippen LogP contribution in [0.5, 0.6) is 0 Å². The summed E-state index contributed by atoms with van der Waals surface area (Å²) >= 11 is 0. The largest absolute Gasteiger partial charge is 0.348 e. The summed E-state index contributed by atoms with van der Waals surface area (Å²) in [5, 5.41) is 2.82. The number of sulfonamides is 1. The number of aryl methyl sites for hydroxylation is 1. The number of benzene rings is 3. The number of rotatable bonds is 6. The van der Waals surface area contributed by atoms with E-state index in [9.17, 15) is 13.2 Å². The maximum absolute atomic E-state index is 12.6. The predicted octanol–water partition coefficient (Wildman–Crippen LogP) is 3.73. The third-order valence-electron chi connectivity index (χ3n) is 3.97. The van der Waals surface area contributed by atoms with E-state index in [1.807, 2.05) is 31.2 Å². The first-order chi connectivity index (χ1) is 12.9. The Morgan fingerprint density at radius 2 is 1.63 bits per heavy atom. The van der Waals surface area contributed by atoms with Gasteiger partial charge in [0.25, 0.3) is 15.9 Å². The van der Waals surface area contributed by atoms with Crippen molar-refractivity contribution in [2.45, 2.75) is 18.4 Å². The molecule has 3 rings (SSSR count). The molecule has 6 heteroatoms. The Morgan fingerprint density at radius 3 is 2.37 bits per heavy atom. The van der Waals surface area contributed by atoms with Gasteiger partial charge in [0.1, 0.15) is 0 Å². The number of nitrogens with one attached hydrogen (secondary N) is 2. The van der Waals surface area contributed by atoms with Crippen LogP contribution in [0, 0.1) is 6.92 Å². The average molecular weight is 380 g/mol. The fourth-order valence-corrected chi connectivity index (χ4v) is 3.74. The Balaban J connectivity index is 1.73. The number of hydrogen-bond acceptors (Lipinski definition) is 3. The van der Waals surface area contributed by atoms with Gasteiger partial charge in [0.15, 0.2) is 0 Å². The maximum Gasteiger partial charge on any atom is 0.261 e. The molecule has 3 aromatic rings. The van der Waals surface area contributed by atoms with Crippen LogP contribution in [0.25, 0.3) is 0 Å². The molecule has 0 saturated heterocycles. The lowest BCUT2D eigenvalue weighted by atomic mass is 10.1. The van der Waals surface area contributed by atoms with Gasteiger partial charge in [0.05, 0.1) is 4.90 Å². The highest BCUT2D eigenvalue weighted by Gasteiger charge is 2.16. The lowest BCUT2D eigenvalue weighted by Crippen LogP contribution is -2.23. The van der Waals surface area contributed by atoms with Crippen LogP contribution in [0.3, 0.4) is 0 Å². The maximum atomic E-state index is 12.6. The molecule has 0 aliphatic heterocycles. The van der Waals surface area contributed by atoms with E-state index < -0.39 is 10.0 Å². The van der Waals surface area contributed by atoms with Crippen molar-refractivity contribution in [2.24, 2.45) is 0 Å². The van der Waals surface area contributed by atoms with E-state index in [0.29, 0.717) is 17.8 Å². The van der Waals surface area contributed by atoms with Crippen molar-refractivity contribution in [1.82, 2.24) is 5.32 Å². The fraction of sp³-hybridized carbons (Fsp3) is 0.0952. The van der Waals surface area contributed by atoms with Crippen molar-refractivity contribution in [3.63, 3.8) is 0 Å². The highest BCUT2D eigenvalue weighted by atomic mass is 32.2. The first-order valence-corrected chi connectivity index (χ1v) is 9.94. The van der Waals surface area contributed by atoms with Crippen molar-refractivity contribution in [3.05, 3.63) is 95.6 Å². The van der Waals surface area contributed by atoms with Crippen molar-refractivity contribution in [1.29, 1.82) is 0 Å². The zero-order chi connectivity index (χ0) is 19.3. The third kappa shape index (κ3) is 4.95. The van der Waals surface area contributed by atoms with Crippen molar-refractivity contribution in [3.8, 4) is 0 Å². The van der Waals surface area contributed by atoms with Gasteiger partial charge in [-0.25, -0.2) is 8.42 Å². The van der Waals surface area contributed by atoms with Gasteiger partial charge >= 0.3 is 0 Å². The number of carbonyl (C=O) groups excluding carboxylic acids is 1. The monoisotopic (exact) mass is 380 g/mol. The number of hydrogen-bond donors (Lipinski definition) is 2. The van der Waals surface area contributed by atoms with E-state index in [1.54, 1.807) is 42.5 Å². The summed E-state index contributed by atoms with van der Waals surface area (Å²) in [7, 11) is -3.77. The molecule has 0 bridgehead atoms. The fourth-order valence-electron chi connectivity index (χ4n) is 2.63. The molecule has 0 aliphatic rings. The van der Waals surface area contributed by atoms with E-state index in [2.05, 4.69) is 10.0 Å². The first kappa shape index (κ1) is 18.7. The lowest BCUT2D eigenvalue weighted by molar-refractivity contribution is 0.0950. The van der Waals surface area contributed by atoms with Gasteiger partial charge in [-0.15, -0.1) is 0 Å². The van der Waals surface area contributed by atoms with Gasteiger partial charge in [-0.3, -0.25) is 9.52 Å². The van der Waals surface area contributed by atoms with Crippen LogP contribution < -0.4 is 10.0 Å². The number of amides is 1. The number of anilines is 1. The van der Waals surface area contributed by atoms with E-state index >= 15 is 0 Å². The van der Waals surface area contributed by atoms with Crippen LogP contribution in [-0.4, -0.2) is 14.3 Å². The predicted molar refractivity (Wildman–Crippen MR) is 106 cm³/mol. The molecule has 0 atom stereocenters. The second kappa shape index (κ2) is 8.05. The van der Waals surface area contributed by atoms with Gasteiger partial charge in [0.2, 0.25) is 0 Å². The number of carbonyl (C=O) groups is 1. The normalized spacial score (nSPS) is 11.0. The van der Waals surface area contributed by atoms with Crippen LogP contribution >= 0.6 is 0 Å². The third-order valence-corrected chi connectivity index (χ3v) is 5.35. The summed E-state index contributed by atoms with van der Waals surface area (Å²) in [6.07, 6.45) is 0. The summed E-state index contributed by atoms with van der Waals surface area (Å²) < 4.78 is 27.6. The van der Waals surface area contributed by atoms with Crippen LogP contribution in [0.4, 0.5) is 5.69 Å². The second-order valence-corrected chi connectivity index (χ2v) is 7.85. The van der Waals surface area contributed by atoms with Gasteiger partial charge in [0, 0.05) is 17.8 Å². The molecule has 2 N–H and O–H groups in total. The van der Waals surface area contributed by atoms with E-state index in [-0.39, 0.29) is 10.8 Å². The Kier molecular flexibility index (Phi) is 5.57. The minimum Gasteiger partial charge on any atom is -0.348 e. The summed E-state index contributed by atoms with van der Waals surface area (Å²) in [5.41, 5.74) is 2.85. The van der Waals surface area contributed by atoms with E-state index in [0.717, 1.165) is 11.1 Å². The molecule has 1 amide bonds. The molecule has 0 unspecified atom stereocenters. The van der Waals surface area contributed by atoms with Crippen molar-refractivity contribution in [2.75, 3.05) is 4.72 Å². The molecule has 0 aliphatic carbocycles. The highest BCUT2D eigenvalue weighted by molar-refractivity contribution is 7.92. The Bertz CT molecular complexity index is 1050. The minimum atomic E-state index is -3.77. The molecule has 138 valence electrons. The number of para-hydroxylation sites is 1. The second-order valence-electron chi connectivity index (χ2n) is 6.17. The molecular weight excluding hydrogens is 360 g/mol. The Morgan fingerprint density at radius 1 is 0.889 bits per heavy atom. The molecule has 0 aromatic heterocycles. The van der Waals surface area contributed by atoms with Gasteiger partial charge in [-0.05, 0) is 42.8 Å². The van der Waals surface area contributed by atoms with Crippen LogP contribution in [0.2, 0.25) is 0 Å². The van der Waals surface area contributed by atoms with E-state index in [1.165, 1.54) is 12.1 Å². The van der Waals surface area contributed by atoms with Crippen molar-refractivity contribution >= 4 is 21.6 Å². The molecule has 0 fully saturated rings. The Labute approximate surface area is 159 Å². The molecular formula is C21H20N2O3S. The summed E-state index contributed by atoms with van der Waals surface area (Å²) in [6, 6.07) is 22.4. The zero-order valence-corrected chi connectivity index (χ0v) is 15.7. The minimum absolute atomic E-state index is 0.0366. The lowest BCUT2D eigenvalue weighted by Gasteiger charge is -2.10. The first-order valence-electron chi connectivity index (χ1n) is 8.46. The summed E-state index contributed by atoms with van der Waals surface area (Å²) in [4.78, 5) is 12.5. The molecule has 5 nitrogen and oxygen atoms in total. The van der Waals surface area contributed by atoms with Gasteiger partial charge < -0.3 is 5.32 Å². The molecule has 0 radical (unpaired) electrons. The summed E-state index contributed by atoms with van der Waals surface area (Å²) in [6.45, 7) is 2.36. The molecule has 3 aromatic carbocycles. The topological polar surface area (TPSA) is 75.3 Å². The van der Waals surface area contributed by atoms with Gasteiger partial charge in [-0.2, -0.15) is 0 Å². The standard InChI is InChI=1S/C21H20N2O3S/c1-16-7-5-8-17(13-16)15-22-21(24)18-9-6-12-20(14-18)27(25,26)23-19-10-3-2-4-11-19/h2-14,23H,15H2,1H3,(H,22,24). The average Bonchev–Trinajstić information content (AvgIpc) is 2.67. The SMILES string of the molecule is Cc1cccc(CNC(=O)c2cccc(S(=O)(=O)Nc3ccccc3)c2)c1. The van der Waals surface area contributed by atoms with Gasteiger partial charge in [-0.1, -0.05) is 54.1 Å². The highest BCUT2D eigenvalue weighted by Crippen LogP contribution is 2.17. The van der Waals surface area contributed by atoms with E-state index in [4.69, 9.17) is 0 Å². The van der Waals surface area contributed by atoms with Crippen LogP contribution in [0.15, 0.2) is 83.8 Å².